The van der Waals surface area contributed by atoms with Crippen LogP contribution in [0.3, 0.4) is 0 Å². The van der Waals surface area contributed by atoms with Gasteiger partial charge in [-0.1, -0.05) is 0 Å². The van der Waals surface area contributed by atoms with E-state index >= 15 is 0 Å². The number of rotatable bonds is 5. The van der Waals surface area contributed by atoms with Crippen LogP contribution in [0.5, 0.6) is 6.01 Å². The SMILES string of the molecule is CN(C)CCCOc1nc(N)nc(Cl)n1. The van der Waals surface area contributed by atoms with E-state index in [1.54, 1.807) is 0 Å². The largest absolute Gasteiger partial charge is 0.463 e. The summed E-state index contributed by atoms with van der Waals surface area (Å²) in [6.07, 6.45) is 0.885. The van der Waals surface area contributed by atoms with Gasteiger partial charge in [0.15, 0.2) is 0 Å². The van der Waals surface area contributed by atoms with Gasteiger partial charge in [0.2, 0.25) is 11.2 Å². The van der Waals surface area contributed by atoms with E-state index < -0.39 is 0 Å². The minimum Gasteiger partial charge on any atom is -0.463 e. The summed E-state index contributed by atoms with van der Waals surface area (Å²) < 4.78 is 5.26. The van der Waals surface area contributed by atoms with Gasteiger partial charge in [0.25, 0.3) is 0 Å². The molecule has 84 valence electrons. The Bertz CT molecular complexity index is 300. The summed E-state index contributed by atoms with van der Waals surface area (Å²) in [6.45, 7) is 1.46. The number of hydrogen-bond donors (Lipinski definition) is 1. The Morgan fingerprint density at radius 3 is 2.67 bits per heavy atom. The molecule has 0 aliphatic carbocycles. The van der Waals surface area contributed by atoms with Crippen molar-refractivity contribution in [2.45, 2.75) is 6.42 Å². The van der Waals surface area contributed by atoms with E-state index in [-0.39, 0.29) is 17.2 Å². The molecule has 0 saturated heterocycles. The zero-order chi connectivity index (χ0) is 11.3. The standard InChI is InChI=1S/C8H14ClN5O/c1-14(2)4-3-5-15-8-12-6(9)11-7(10)13-8/h3-5H2,1-2H3,(H2,10,11,12,13). The van der Waals surface area contributed by atoms with Crippen LogP contribution in [0.2, 0.25) is 5.28 Å². The minimum atomic E-state index is 0.0464. The van der Waals surface area contributed by atoms with E-state index in [1.165, 1.54) is 0 Å². The summed E-state index contributed by atoms with van der Waals surface area (Å²) in [6, 6.07) is 0.172. The molecule has 2 N–H and O–H groups in total. The molecule has 0 unspecified atom stereocenters. The highest BCUT2D eigenvalue weighted by Crippen LogP contribution is 2.08. The highest BCUT2D eigenvalue weighted by atomic mass is 35.5. The molecule has 0 fully saturated rings. The Morgan fingerprint density at radius 2 is 2.07 bits per heavy atom. The van der Waals surface area contributed by atoms with E-state index in [0.717, 1.165) is 13.0 Å². The highest BCUT2D eigenvalue weighted by Gasteiger charge is 2.02. The molecule has 0 bridgehead atoms. The molecular weight excluding hydrogens is 218 g/mol. The molecule has 0 radical (unpaired) electrons. The first-order valence-corrected chi connectivity index (χ1v) is 4.90. The molecule has 0 aliphatic rings. The molecule has 1 heterocycles. The van der Waals surface area contributed by atoms with Crippen molar-refractivity contribution < 1.29 is 4.74 Å². The topological polar surface area (TPSA) is 77.2 Å². The van der Waals surface area contributed by atoms with E-state index in [4.69, 9.17) is 22.1 Å². The van der Waals surface area contributed by atoms with Crippen molar-refractivity contribution in [1.29, 1.82) is 0 Å². The summed E-state index contributed by atoms with van der Waals surface area (Å²) in [7, 11) is 4.00. The number of anilines is 1. The van der Waals surface area contributed by atoms with Gasteiger partial charge in [-0.25, -0.2) is 0 Å². The van der Waals surface area contributed by atoms with Crippen molar-refractivity contribution in [1.82, 2.24) is 19.9 Å². The Labute approximate surface area is 93.4 Å². The highest BCUT2D eigenvalue weighted by molar-refractivity contribution is 6.28. The number of aromatic nitrogens is 3. The van der Waals surface area contributed by atoms with Crippen molar-refractivity contribution in [2.75, 3.05) is 33.0 Å². The molecule has 15 heavy (non-hydrogen) atoms. The van der Waals surface area contributed by atoms with Crippen LogP contribution in [0.25, 0.3) is 0 Å². The lowest BCUT2D eigenvalue weighted by atomic mass is 10.4. The average molecular weight is 232 g/mol. The van der Waals surface area contributed by atoms with E-state index in [1.807, 2.05) is 14.1 Å². The quantitative estimate of drug-likeness (QED) is 0.741. The molecular formula is C8H14ClN5O. The molecule has 1 aromatic heterocycles. The number of halogens is 1. The second-order valence-corrected chi connectivity index (χ2v) is 3.59. The lowest BCUT2D eigenvalue weighted by Gasteiger charge is -2.09. The number of nitrogens with zero attached hydrogens (tertiary/aromatic N) is 4. The van der Waals surface area contributed by atoms with Crippen LogP contribution in [0.4, 0.5) is 5.95 Å². The van der Waals surface area contributed by atoms with Gasteiger partial charge in [0, 0.05) is 6.54 Å². The number of hydrogen-bond acceptors (Lipinski definition) is 6. The van der Waals surface area contributed by atoms with Gasteiger partial charge >= 0.3 is 6.01 Å². The van der Waals surface area contributed by atoms with Gasteiger partial charge in [-0.3, -0.25) is 0 Å². The first-order chi connectivity index (χ1) is 7.08. The van der Waals surface area contributed by atoms with Gasteiger partial charge < -0.3 is 15.4 Å². The van der Waals surface area contributed by atoms with Gasteiger partial charge in [0.05, 0.1) is 6.61 Å². The van der Waals surface area contributed by atoms with Crippen molar-refractivity contribution >= 4 is 17.5 Å². The number of nitrogens with two attached hydrogens (primary N) is 1. The normalized spacial score (nSPS) is 10.7. The average Bonchev–Trinajstić information content (AvgIpc) is 2.10. The molecule has 6 nitrogen and oxygen atoms in total. The van der Waals surface area contributed by atoms with Crippen molar-refractivity contribution in [3.05, 3.63) is 5.28 Å². The molecule has 0 aromatic carbocycles. The molecule has 0 spiro atoms. The second kappa shape index (κ2) is 5.67. The molecule has 0 saturated carbocycles. The van der Waals surface area contributed by atoms with Gasteiger partial charge in [-0.05, 0) is 32.1 Å². The van der Waals surface area contributed by atoms with Crippen LogP contribution in [-0.4, -0.2) is 47.1 Å². The van der Waals surface area contributed by atoms with Crippen molar-refractivity contribution in [3.8, 4) is 6.01 Å². The maximum absolute atomic E-state index is 5.58. The smallest absolute Gasteiger partial charge is 0.322 e. The van der Waals surface area contributed by atoms with Gasteiger partial charge in [-0.15, -0.1) is 0 Å². The van der Waals surface area contributed by atoms with Crippen LogP contribution in [0.1, 0.15) is 6.42 Å². The Hall–Kier alpha value is -1.14. The first kappa shape index (κ1) is 11.9. The molecule has 1 rings (SSSR count). The fraction of sp³-hybridized carbons (Fsp3) is 0.625. The second-order valence-electron chi connectivity index (χ2n) is 3.25. The predicted molar refractivity (Wildman–Crippen MR) is 57.9 cm³/mol. The van der Waals surface area contributed by atoms with E-state index in [9.17, 15) is 0 Å². The number of ether oxygens (including phenoxy) is 1. The molecule has 1 aromatic rings. The lowest BCUT2D eigenvalue weighted by molar-refractivity contribution is 0.263. The van der Waals surface area contributed by atoms with Gasteiger partial charge in [0.1, 0.15) is 0 Å². The third-order valence-corrected chi connectivity index (χ3v) is 1.75. The first-order valence-electron chi connectivity index (χ1n) is 4.52. The third kappa shape index (κ3) is 4.75. The predicted octanol–water partition coefficient (Wildman–Crippen LogP) is 0.438. The summed E-state index contributed by atoms with van der Waals surface area (Å²) >= 11 is 5.58. The fourth-order valence-corrected chi connectivity index (χ4v) is 1.11. The van der Waals surface area contributed by atoms with Crippen LogP contribution < -0.4 is 10.5 Å². The minimum absolute atomic E-state index is 0.0464. The fourth-order valence-electron chi connectivity index (χ4n) is 0.955. The maximum atomic E-state index is 5.58. The Morgan fingerprint density at radius 1 is 1.33 bits per heavy atom. The number of nitrogen functional groups attached to an aromatic ring is 1. The van der Waals surface area contributed by atoms with E-state index in [0.29, 0.717) is 6.61 Å². The van der Waals surface area contributed by atoms with Crippen LogP contribution in [0, 0.1) is 0 Å². The molecule has 0 amide bonds. The van der Waals surface area contributed by atoms with Crippen LogP contribution in [0.15, 0.2) is 0 Å². The van der Waals surface area contributed by atoms with Crippen molar-refractivity contribution in [2.24, 2.45) is 0 Å². The Kier molecular flexibility index (Phi) is 4.51. The van der Waals surface area contributed by atoms with E-state index in [2.05, 4.69) is 19.9 Å². The third-order valence-electron chi connectivity index (χ3n) is 1.59. The summed E-state index contributed by atoms with van der Waals surface area (Å²) in [4.78, 5) is 13.3. The molecule has 0 aliphatic heterocycles. The van der Waals surface area contributed by atoms with Gasteiger partial charge in [-0.2, -0.15) is 15.0 Å². The summed E-state index contributed by atoms with van der Waals surface area (Å²) in [5.41, 5.74) is 5.38. The van der Waals surface area contributed by atoms with Crippen molar-refractivity contribution in [3.63, 3.8) is 0 Å². The maximum Gasteiger partial charge on any atom is 0.322 e. The van der Waals surface area contributed by atoms with Crippen LogP contribution in [-0.2, 0) is 0 Å². The summed E-state index contributed by atoms with van der Waals surface area (Å²) in [5, 5.41) is 0.0464. The molecule has 7 heteroatoms. The Balaban J connectivity index is 2.37. The zero-order valence-corrected chi connectivity index (χ0v) is 9.53. The van der Waals surface area contributed by atoms with Crippen LogP contribution >= 0.6 is 11.6 Å². The summed E-state index contributed by atoms with van der Waals surface area (Å²) in [5.74, 6) is 0.0672. The molecule has 0 atom stereocenters. The monoisotopic (exact) mass is 231 g/mol. The lowest BCUT2D eigenvalue weighted by Crippen LogP contribution is -2.16. The zero-order valence-electron chi connectivity index (χ0n) is 8.77.